The van der Waals surface area contributed by atoms with Gasteiger partial charge in [0.15, 0.2) is 0 Å². The van der Waals surface area contributed by atoms with Crippen LogP contribution in [0.1, 0.15) is 18.1 Å². The molecule has 0 heterocycles. The fourth-order valence-corrected chi connectivity index (χ4v) is 2.44. The number of benzene rings is 2. The van der Waals surface area contributed by atoms with E-state index >= 15 is 0 Å². The van der Waals surface area contributed by atoms with Gasteiger partial charge in [0.2, 0.25) is 11.8 Å². The van der Waals surface area contributed by atoms with Crippen LogP contribution in [-0.4, -0.2) is 30.3 Å². The second-order valence-electron chi connectivity index (χ2n) is 5.89. The van der Waals surface area contributed by atoms with Crippen LogP contribution in [0, 0.1) is 0 Å². The minimum absolute atomic E-state index is 0.0359. The van der Waals surface area contributed by atoms with E-state index in [-0.39, 0.29) is 18.1 Å². The highest BCUT2D eigenvalue weighted by molar-refractivity contribution is 5.97. The van der Waals surface area contributed by atoms with Gasteiger partial charge >= 0.3 is 6.18 Å². The average Bonchev–Trinajstić information content (AvgIpc) is 2.59. The van der Waals surface area contributed by atoms with Gasteiger partial charge in [-0.05, 0) is 23.8 Å². The lowest BCUT2D eigenvalue weighted by Crippen LogP contribution is -2.40. The lowest BCUT2D eigenvalue weighted by atomic mass is 10.1. The minimum atomic E-state index is -4.52. The molecule has 2 rings (SSSR count). The number of nitrogens with zero attached hydrogens (tertiary/aromatic N) is 2. The summed E-state index contributed by atoms with van der Waals surface area (Å²) in [5.41, 5.74) is 0.0805. The minimum Gasteiger partial charge on any atom is -0.340 e. The maximum atomic E-state index is 12.9. The Kier molecular flexibility index (Phi) is 6.02. The Morgan fingerprint density at radius 2 is 1.65 bits per heavy atom. The highest BCUT2D eigenvalue weighted by Gasteiger charge is 2.31. The molecular weight excluding hydrogens is 345 g/mol. The van der Waals surface area contributed by atoms with Crippen LogP contribution in [0.2, 0.25) is 0 Å². The van der Waals surface area contributed by atoms with Crippen LogP contribution in [0.5, 0.6) is 0 Å². The zero-order valence-corrected chi connectivity index (χ0v) is 14.5. The molecule has 0 saturated carbocycles. The quantitative estimate of drug-likeness (QED) is 0.811. The van der Waals surface area contributed by atoms with Crippen molar-refractivity contribution in [3.05, 3.63) is 65.7 Å². The second-order valence-corrected chi connectivity index (χ2v) is 5.89. The number of hydrogen-bond acceptors (Lipinski definition) is 2. The summed E-state index contributed by atoms with van der Waals surface area (Å²) in [7, 11) is 1.58. The number of carbonyl (C=O) groups excluding carboxylic acids is 2. The van der Waals surface area contributed by atoms with E-state index in [1.54, 1.807) is 7.05 Å². The Morgan fingerprint density at radius 1 is 1.00 bits per heavy atom. The van der Waals surface area contributed by atoms with Gasteiger partial charge in [-0.15, -0.1) is 0 Å². The van der Waals surface area contributed by atoms with Crippen LogP contribution in [-0.2, 0) is 22.3 Å². The first-order valence-corrected chi connectivity index (χ1v) is 7.91. The lowest BCUT2D eigenvalue weighted by Gasteiger charge is -2.25. The Balaban J connectivity index is 2.15. The highest BCUT2D eigenvalue weighted by Crippen LogP contribution is 2.31. The number of carbonyl (C=O) groups is 2. The fraction of sp³-hybridized carbons (Fsp3) is 0.263. The van der Waals surface area contributed by atoms with E-state index in [1.165, 1.54) is 24.0 Å². The molecule has 0 spiro atoms. The number of anilines is 1. The summed E-state index contributed by atoms with van der Waals surface area (Å²) in [5, 5.41) is 0. The van der Waals surface area contributed by atoms with Crippen molar-refractivity contribution in [3.63, 3.8) is 0 Å². The first-order valence-electron chi connectivity index (χ1n) is 7.91. The third-order valence-electron chi connectivity index (χ3n) is 3.85. The van der Waals surface area contributed by atoms with Gasteiger partial charge in [0, 0.05) is 26.2 Å². The third-order valence-corrected chi connectivity index (χ3v) is 3.85. The van der Waals surface area contributed by atoms with E-state index in [2.05, 4.69) is 0 Å². The molecule has 4 nitrogen and oxygen atoms in total. The molecule has 0 radical (unpaired) electrons. The van der Waals surface area contributed by atoms with Gasteiger partial charge in [-0.1, -0.05) is 36.4 Å². The van der Waals surface area contributed by atoms with Crippen LogP contribution in [0.4, 0.5) is 18.9 Å². The van der Waals surface area contributed by atoms with E-state index in [9.17, 15) is 22.8 Å². The molecule has 0 aliphatic rings. The fourth-order valence-electron chi connectivity index (χ4n) is 2.44. The average molecular weight is 364 g/mol. The molecule has 0 aliphatic heterocycles. The molecule has 0 aliphatic carbocycles. The molecule has 0 fully saturated rings. The monoisotopic (exact) mass is 364 g/mol. The van der Waals surface area contributed by atoms with Crippen molar-refractivity contribution >= 4 is 17.5 Å². The molecule has 0 atom stereocenters. The van der Waals surface area contributed by atoms with E-state index in [1.807, 2.05) is 30.3 Å². The van der Waals surface area contributed by atoms with Crippen molar-refractivity contribution in [2.75, 3.05) is 18.5 Å². The van der Waals surface area contributed by atoms with E-state index in [0.29, 0.717) is 6.54 Å². The number of amides is 2. The highest BCUT2D eigenvalue weighted by atomic mass is 19.4. The predicted octanol–water partition coefficient (Wildman–Crippen LogP) is 3.72. The van der Waals surface area contributed by atoms with Crippen molar-refractivity contribution in [2.24, 2.45) is 0 Å². The molecule has 138 valence electrons. The summed E-state index contributed by atoms with van der Waals surface area (Å²) in [6, 6.07) is 13.6. The van der Waals surface area contributed by atoms with Gasteiger partial charge in [0.25, 0.3) is 0 Å². The molecule has 2 aromatic carbocycles. The molecule has 2 aromatic rings. The topological polar surface area (TPSA) is 40.6 Å². The smallest absolute Gasteiger partial charge is 0.340 e. The summed E-state index contributed by atoms with van der Waals surface area (Å²) in [6.07, 6.45) is -4.52. The number of alkyl halides is 3. The first kappa shape index (κ1) is 19.5. The van der Waals surface area contributed by atoms with E-state index < -0.39 is 17.6 Å². The summed E-state index contributed by atoms with van der Waals surface area (Å²) in [5.74, 6) is -0.882. The molecule has 0 bridgehead atoms. The zero-order chi connectivity index (χ0) is 19.3. The summed E-state index contributed by atoms with van der Waals surface area (Å²) >= 11 is 0. The lowest BCUT2D eigenvalue weighted by molar-refractivity contribution is -0.137. The first-order chi connectivity index (χ1) is 12.2. The van der Waals surface area contributed by atoms with E-state index in [0.717, 1.165) is 22.6 Å². The SMILES string of the molecule is CC(=O)N(CC(=O)N(C)Cc1ccccc1)c1cccc(C(F)(F)F)c1. The number of hydrogen-bond donors (Lipinski definition) is 0. The van der Waals surface area contributed by atoms with E-state index in [4.69, 9.17) is 0 Å². The second kappa shape index (κ2) is 8.03. The molecule has 26 heavy (non-hydrogen) atoms. The number of halogens is 3. The van der Waals surface area contributed by atoms with Crippen LogP contribution in [0.25, 0.3) is 0 Å². The Hall–Kier alpha value is -2.83. The maximum Gasteiger partial charge on any atom is 0.416 e. The van der Waals surface area contributed by atoms with Gasteiger partial charge in [-0.3, -0.25) is 9.59 Å². The van der Waals surface area contributed by atoms with Gasteiger partial charge in [-0.25, -0.2) is 0 Å². The predicted molar refractivity (Wildman–Crippen MR) is 92.4 cm³/mol. The Morgan fingerprint density at radius 3 is 2.23 bits per heavy atom. The largest absolute Gasteiger partial charge is 0.416 e. The molecule has 2 amide bonds. The van der Waals surface area contributed by atoms with Gasteiger partial charge < -0.3 is 9.80 Å². The standard InChI is InChI=1S/C19H19F3N2O2/c1-14(25)24(17-10-6-9-16(11-17)19(20,21)22)13-18(26)23(2)12-15-7-4-3-5-8-15/h3-11H,12-13H2,1-2H3. The Bertz CT molecular complexity index is 776. The van der Waals surface area contributed by atoms with Crippen molar-refractivity contribution in [1.82, 2.24) is 4.90 Å². The van der Waals surface area contributed by atoms with Crippen LogP contribution < -0.4 is 4.90 Å². The number of likely N-dealkylation sites (N-methyl/N-ethyl adjacent to an activating group) is 1. The maximum absolute atomic E-state index is 12.9. The van der Waals surface area contributed by atoms with Gasteiger partial charge in [0.1, 0.15) is 6.54 Å². The van der Waals surface area contributed by atoms with Crippen LogP contribution in [0.3, 0.4) is 0 Å². The molecule has 0 unspecified atom stereocenters. The number of rotatable bonds is 5. The van der Waals surface area contributed by atoms with Crippen LogP contribution >= 0.6 is 0 Å². The molecule has 0 saturated heterocycles. The molecule has 0 aromatic heterocycles. The third kappa shape index (κ3) is 5.08. The summed E-state index contributed by atoms with van der Waals surface area (Å²) in [4.78, 5) is 26.8. The molecular formula is C19H19F3N2O2. The van der Waals surface area contributed by atoms with Crippen molar-refractivity contribution in [1.29, 1.82) is 0 Å². The summed E-state index contributed by atoms with van der Waals surface area (Å²) in [6.45, 7) is 1.22. The Labute approximate surface area is 149 Å². The molecule has 7 heteroatoms. The zero-order valence-electron chi connectivity index (χ0n) is 14.5. The van der Waals surface area contributed by atoms with Gasteiger partial charge in [-0.2, -0.15) is 13.2 Å². The van der Waals surface area contributed by atoms with Crippen molar-refractivity contribution < 1.29 is 22.8 Å². The summed E-state index contributed by atoms with van der Waals surface area (Å²) < 4.78 is 38.7. The van der Waals surface area contributed by atoms with Crippen LogP contribution in [0.15, 0.2) is 54.6 Å². The molecule has 0 N–H and O–H groups in total. The normalized spacial score (nSPS) is 11.1. The van der Waals surface area contributed by atoms with Crippen molar-refractivity contribution in [3.8, 4) is 0 Å². The van der Waals surface area contributed by atoms with Gasteiger partial charge in [0.05, 0.1) is 5.56 Å². The van der Waals surface area contributed by atoms with Crippen molar-refractivity contribution in [2.45, 2.75) is 19.6 Å².